The number of rotatable bonds is 6. The topological polar surface area (TPSA) is 108 Å². The van der Waals surface area contributed by atoms with Gasteiger partial charge in [-0.2, -0.15) is 8.42 Å². The molecular weight excluding hydrogens is 416 g/mol. The molecule has 3 rings (SSSR count). The maximum Gasteiger partial charge on any atom is 0.285 e. The van der Waals surface area contributed by atoms with Crippen LogP contribution in [0.4, 0.5) is 5.69 Å². The summed E-state index contributed by atoms with van der Waals surface area (Å²) in [6.45, 7) is 6.35. The smallest absolute Gasteiger partial charge is 0.285 e. The van der Waals surface area contributed by atoms with E-state index in [1.54, 1.807) is 43.4 Å². The van der Waals surface area contributed by atoms with E-state index in [1.165, 1.54) is 11.0 Å². The van der Waals surface area contributed by atoms with Crippen LogP contribution < -0.4 is 10.6 Å². The predicted molar refractivity (Wildman–Crippen MR) is 120 cm³/mol. The fourth-order valence-electron chi connectivity index (χ4n) is 3.19. The average Bonchev–Trinajstić information content (AvgIpc) is 2.99. The summed E-state index contributed by atoms with van der Waals surface area (Å²) in [5.41, 5.74) is 2.33. The Balaban J connectivity index is 1.67. The molecule has 0 atom stereocenters. The zero-order chi connectivity index (χ0) is 22.8. The van der Waals surface area contributed by atoms with Crippen LogP contribution in [0.15, 0.2) is 51.8 Å². The highest BCUT2D eigenvalue weighted by Crippen LogP contribution is 2.27. The Hall–Kier alpha value is -3.20. The van der Waals surface area contributed by atoms with E-state index in [0.29, 0.717) is 29.3 Å². The van der Waals surface area contributed by atoms with Gasteiger partial charge < -0.3 is 15.5 Å². The van der Waals surface area contributed by atoms with Crippen molar-refractivity contribution in [3.8, 4) is 0 Å². The molecule has 0 fully saturated rings. The first-order chi connectivity index (χ1) is 14.6. The lowest BCUT2D eigenvalue weighted by molar-refractivity contribution is -0.116. The summed E-state index contributed by atoms with van der Waals surface area (Å²) in [6.07, 6.45) is 0. The van der Waals surface area contributed by atoms with Crippen molar-refractivity contribution in [1.82, 2.24) is 10.2 Å². The molecule has 1 aliphatic rings. The molecule has 164 valence electrons. The summed E-state index contributed by atoms with van der Waals surface area (Å²) in [4.78, 5) is 26.4. The molecule has 2 aromatic carbocycles. The van der Waals surface area contributed by atoms with Gasteiger partial charge in [-0.25, -0.2) is 0 Å². The molecule has 0 unspecified atom stereocenters. The van der Waals surface area contributed by atoms with Crippen LogP contribution in [0.3, 0.4) is 0 Å². The highest BCUT2D eigenvalue weighted by molar-refractivity contribution is 7.90. The molecule has 0 aliphatic carbocycles. The normalized spacial score (nSPS) is 14.0. The zero-order valence-corrected chi connectivity index (χ0v) is 18.8. The fourth-order valence-corrected chi connectivity index (χ4v) is 4.44. The van der Waals surface area contributed by atoms with E-state index in [-0.39, 0.29) is 29.1 Å². The molecule has 2 amide bonds. The summed E-state index contributed by atoms with van der Waals surface area (Å²) < 4.78 is 28.2. The van der Waals surface area contributed by atoms with Gasteiger partial charge in [0, 0.05) is 30.4 Å². The van der Waals surface area contributed by atoms with E-state index in [4.69, 9.17) is 0 Å². The second-order valence-electron chi connectivity index (χ2n) is 7.92. The summed E-state index contributed by atoms with van der Waals surface area (Å²) in [7, 11) is -2.13. The molecule has 1 aliphatic heterocycles. The molecule has 31 heavy (non-hydrogen) atoms. The number of nitrogens with zero attached hydrogens (tertiary/aromatic N) is 2. The Morgan fingerprint density at radius 3 is 2.52 bits per heavy atom. The van der Waals surface area contributed by atoms with Crippen molar-refractivity contribution in [3.63, 3.8) is 0 Å². The first-order valence-corrected chi connectivity index (χ1v) is 11.4. The van der Waals surface area contributed by atoms with Gasteiger partial charge in [0.05, 0.1) is 6.54 Å². The number of aryl methyl sites for hydroxylation is 1. The molecule has 0 bridgehead atoms. The van der Waals surface area contributed by atoms with Gasteiger partial charge in [-0.15, -0.1) is 4.40 Å². The minimum absolute atomic E-state index is 0.0846. The maximum absolute atomic E-state index is 12.6. The van der Waals surface area contributed by atoms with Gasteiger partial charge in [0.25, 0.3) is 15.9 Å². The molecular formula is C22H26N4O4S. The minimum atomic E-state index is -3.75. The maximum atomic E-state index is 12.6. The largest absolute Gasteiger partial charge is 0.352 e. The monoisotopic (exact) mass is 442 g/mol. The third-order valence-electron chi connectivity index (χ3n) is 4.79. The number of carbonyl (C=O) groups is 2. The van der Waals surface area contributed by atoms with Crippen LogP contribution in [-0.2, 0) is 14.8 Å². The third-order valence-corrected chi connectivity index (χ3v) is 6.11. The van der Waals surface area contributed by atoms with E-state index in [0.717, 1.165) is 5.56 Å². The SMILES string of the molecule is Cc1cc(C(=O)NCC(C)C)ccc1NC(=O)CN(C)C1=NS(=O)(=O)c2ccccc21. The first kappa shape index (κ1) is 22.5. The standard InChI is InChI=1S/C22H26N4O4S/c1-14(2)12-23-22(28)16-9-10-18(15(3)11-16)24-20(27)13-26(4)21-17-7-5-6-8-19(17)31(29,30)25-21/h5-11,14H,12-13H2,1-4H3,(H,23,28)(H,24,27). The van der Waals surface area contributed by atoms with Gasteiger partial charge in [-0.1, -0.05) is 26.0 Å². The number of sulfonamides is 1. The minimum Gasteiger partial charge on any atom is -0.352 e. The molecule has 2 aromatic rings. The molecule has 8 nitrogen and oxygen atoms in total. The quantitative estimate of drug-likeness (QED) is 0.714. The highest BCUT2D eigenvalue weighted by Gasteiger charge is 2.30. The number of hydrogen-bond donors (Lipinski definition) is 2. The lowest BCUT2D eigenvalue weighted by atomic mass is 10.1. The molecule has 0 saturated heterocycles. The molecule has 1 heterocycles. The van der Waals surface area contributed by atoms with Gasteiger partial charge in [0.1, 0.15) is 4.90 Å². The van der Waals surface area contributed by atoms with E-state index < -0.39 is 10.0 Å². The Morgan fingerprint density at radius 1 is 1.13 bits per heavy atom. The zero-order valence-electron chi connectivity index (χ0n) is 18.0. The van der Waals surface area contributed by atoms with Crippen molar-refractivity contribution in [1.29, 1.82) is 0 Å². The Morgan fingerprint density at radius 2 is 1.84 bits per heavy atom. The van der Waals surface area contributed by atoms with Crippen LogP contribution in [0, 0.1) is 12.8 Å². The highest BCUT2D eigenvalue weighted by atomic mass is 32.2. The van der Waals surface area contributed by atoms with Gasteiger partial charge in [0.2, 0.25) is 5.91 Å². The molecule has 0 saturated carbocycles. The summed E-state index contributed by atoms with van der Waals surface area (Å²) in [6, 6.07) is 11.6. The number of amidine groups is 1. The Kier molecular flexibility index (Phi) is 6.45. The molecule has 0 radical (unpaired) electrons. The van der Waals surface area contributed by atoms with E-state index >= 15 is 0 Å². The van der Waals surface area contributed by atoms with Gasteiger partial charge in [-0.05, 0) is 48.7 Å². The Bertz CT molecular complexity index is 1160. The van der Waals surface area contributed by atoms with Crippen molar-refractivity contribution in [3.05, 3.63) is 59.2 Å². The van der Waals surface area contributed by atoms with Gasteiger partial charge in [-0.3, -0.25) is 9.59 Å². The van der Waals surface area contributed by atoms with Crippen molar-refractivity contribution < 1.29 is 18.0 Å². The van der Waals surface area contributed by atoms with E-state index in [2.05, 4.69) is 15.0 Å². The van der Waals surface area contributed by atoms with E-state index in [9.17, 15) is 18.0 Å². The van der Waals surface area contributed by atoms with Crippen molar-refractivity contribution >= 4 is 33.4 Å². The lowest BCUT2D eigenvalue weighted by Gasteiger charge is -2.19. The lowest BCUT2D eigenvalue weighted by Crippen LogP contribution is -2.35. The van der Waals surface area contributed by atoms with Crippen LogP contribution >= 0.6 is 0 Å². The first-order valence-electron chi connectivity index (χ1n) is 9.92. The number of benzene rings is 2. The Labute approximate surface area is 182 Å². The number of fused-ring (bicyclic) bond motifs is 1. The van der Waals surface area contributed by atoms with Crippen LogP contribution in [0.2, 0.25) is 0 Å². The molecule has 9 heteroatoms. The summed E-state index contributed by atoms with van der Waals surface area (Å²) in [5.74, 6) is 0.104. The number of carbonyl (C=O) groups excluding carboxylic acids is 2. The summed E-state index contributed by atoms with van der Waals surface area (Å²) in [5, 5.41) is 5.67. The summed E-state index contributed by atoms with van der Waals surface area (Å²) >= 11 is 0. The second kappa shape index (κ2) is 8.89. The van der Waals surface area contributed by atoms with Gasteiger partial charge in [0.15, 0.2) is 5.84 Å². The molecule has 0 spiro atoms. The second-order valence-corrected chi connectivity index (χ2v) is 9.50. The third kappa shape index (κ3) is 5.11. The average molecular weight is 443 g/mol. The van der Waals surface area contributed by atoms with Gasteiger partial charge >= 0.3 is 0 Å². The number of amides is 2. The van der Waals surface area contributed by atoms with Crippen molar-refractivity contribution in [2.75, 3.05) is 25.5 Å². The fraction of sp³-hybridized carbons (Fsp3) is 0.318. The molecule has 0 aromatic heterocycles. The van der Waals surface area contributed by atoms with E-state index in [1.807, 2.05) is 20.8 Å². The van der Waals surface area contributed by atoms with Crippen LogP contribution in [-0.4, -0.2) is 51.1 Å². The number of nitrogens with one attached hydrogen (secondary N) is 2. The van der Waals surface area contributed by atoms with Crippen molar-refractivity contribution in [2.24, 2.45) is 10.3 Å². The van der Waals surface area contributed by atoms with Crippen LogP contribution in [0.5, 0.6) is 0 Å². The van der Waals surface area contributed by atoms with Crippen molar-refractivity contribution in [2.45, 2.75) is 25.7 Å². The number of anilines is 1. The number of hydrogen-bond acceptors (Lipinski definition) is 5. The van der Waals surface area contributed by atoms with Crippen LogP contribution in [0.1, 0.15) is 35.3 Å². The van der Waals surface area contributed by atoms with Crippen LogP contribution in [0.25, 0.3) is 0 Å². The predicted octanol–water partition coefficient (Wildman–Crippen LogP) is 2.40. The number of likely N-dealkylation sites (N-methyl/N-ethyl adjacent to an activating group) is 1. The molecule has 2 N–H and O–H groups in total.